The molecule has 1 aromatic rings. The third-order valence-corrected chi connectivity index (χ3v) is 3.34. The Morgan fingerprint density at radius 2 is 2.20 bits per heavy atom. The van der Waals surface area contributed by atoms with Crippen LogP contribution in [0.25, 0.3) is 0 Å². The van der Waals surface area contributed by atoms with E-state index >= 15 is 0 Å². The zero-order valence-corrected chi connectivity index (χ0v) is 12.2. The molecule has 5 nitrogen and oxygen atoms in total. The smallest absolute Gasteiger partial charge is 0.237 e. The molecule has 0 aliphatic carbocycles. The van der Waals surface area contributed by atoms with Crippen molar-refractivity contribution in [1.82, 2.24) is 5.32 Å². The molecule has 2 rings (SSSR count). The van der Waals surface area contributed by atoms with Crippen LogP contribution in [-0.2, 0) is 11.3 Å². The van der Waals surface area contributed by atoms with Gasteiger partial charge in [-0.2, -0.15) is 0 Å². The molecular formula is C14H19ClN2O3. The van der Waals surface area contributed by atoms with Crippen LogP contribution in [0.5, 0.6) is 11.5 Å². The fourth-order valence-corrected chi connectivity index (χ4v) is 2.32. The van der Waals surface area contributed by atoms with Gasteiger partial charge in [0, 0.05) is 6.54 Å². The lowest BCUT2D eigenvalue weighted by molar-refractivity contribution is -0.122. The molecule has 0 saturated carbocycles. The molecular weight excluding hydrogens is 280 g/mol. The second kappa shape index (κ2) is 6.81. The van der Waals surface area contributed by atoms with E-state index in [1.165, 1.54) is 0 Å². The van der Waals surface area contributed by atoms with Gasteiger partial charge in [-0.3, -0.25) is 4.79 Å². The minimum Gasteiger partial charge on any atom is -0.486 e. The van der Waals surface area contributed by atoms with Gasteiger partial charge in [-0.1, -0.05) is 24.9 Å². The Hall–Kier alpha value is -1.46. The molecule has 1 atom stereocenters. The van der Waals surface area contributed by atoms with Crippen molar-refractivity contribution < 1.29 is 14.3 Å². The molecule has 6 heteroatoms. The highest BCUT2D eigenvalue weighted by Crippen LogP contribution is 2.38. The van der Waals surface area contributed by atoms with Gasteiger partial charge in [0.25, 0.3) is 0 Å². The first kappa shape index (κ1) is 14.9. The number of carbonyl (C=O) groups excluding carboxylic acids is 1. The molecule has 20 heavy (non-hydrogen) atoms. The van der Waals surface area contributed by atoms with Crippen molar-refractivity contribution in [3.05, 3.63) is 22.7 Å². The van der Waals surface area contributed by atoms with Gasteiger partial charge in [-0.05, 0) is 24.1 Å². The second-order valence-corrected chi connectivity index (χ2v) is 5.12. The van der Waals surface area contributed by atoms with Crippen molar-refractivity contribution in [2.45, 2.75) is 32.4 Å². The minimum absolute atomic E-state index is 0.155. The lowest BCUT2D eigenvalue weighted by atomic mass is 10.1. The van der Waals surface area contributed by atoms with Crippen molar-refractivity contribution in [1.29, 1.82) is 0 Å². The van der Waals surface area contributed by atoms with E-state index in [0.29, 0.717) is 42.7 Å². The predicted molar refractivity (Wildman–Crippen MR) is 77.2 cm³/mol. The highest BCUT2D eigenvalue weighted by Gasteiger charge is 2.17. The number of amides is 1. The van der Waals surface area contributed by atoms with Gasteiger partial charge < -0.3 is 20.5 Å². The number of halogens is 1. The fourth-order valence-electron chi connectivity index (χ4n) is 2.03. The van der Waals surface area contributed by atoms with E-state index in [-0.39, 0.29) is 5.91 Å². The normalized spacial score (nSPS) is 14.8. The third kappa shape index (κ3) is 3.55. The summed E-state index contributed by atoms with van der Waals surface area (Å²) >= 11 is 6.13. The van der Waals surface area contributed by atoms with Crippen LogP contribution in [0, 0.1) is 0 Å². The van der Waals surface area contributed by atoms with Crippen LogP contribution in [-0.4, -0.2) is 25.2 Å². The van der Waals surface area contributed by atoms with Gasteiger partial charge >= 0.3 is 0 Å². The fraction of sp³-hybridized carbons (Fsp3) is 0.500. The largest absolute Gasteiger partial charge is 0.486 e. The summed E-state index contributed by atoms with van der Waals surface area (Å²) in [7, 11) is 0. The Morgan fingerprint density at radius 3 is 2.95 bits per heavy atom. The average Bonchev–Trinajstić information content (AvgIpc) is 2.45. The van der Waals surface area contributed by atoms with Crippen LogP contribution >= 0.6 is 11.6 Å². The van der Waals surface area contributed by atoms with Crippen molar-refractivity contribution in [2.24, 2.45) is 5.73 Å². The third-order valence-electron chi connectivity index (χ3n) is 3.06. The number of rotatable bonds is 5. The highest BCUT2D eigenvalue weighted by atomic mass is 35.5. The van der Waals surface area contributed by atoms with Crippen molar-refractivity contribution in [2.75, 3.05) is 13.2 Å². The van der Waals surface area contributed by atoms with Crippen LogP contribution in [0.4, 0.5) is 0 Å². The van der Waals surface area contributed by atoms with Gasteiger partial charge in [0.15, 0.2) is 11.5 Å². The monoisotopic (exact) mass is 298 g/mol. The van der Waals surface area contributed by atoms with Gasteiger partial charge in [-0.25, -0.2) is 0 Å². The second-order valence-electron chi connectivity index (χ2n) is 4.71. The van der Waals surface area contributed by atoms with E-state index < -0.39 is 6.04 Å². The summed E-state index contributed by atoms with van der Waals surface area (Å²) in [4.78, 5) is 11.8. The average molecular weight is 299 g/mol. The number of nitrogens with one attached hydrogen (secondary N) is 1. The van der Waals surface area contributed by atoms with Crippen LogP contribution in [0.1, 0.15) is 25.3 Å². The van der Waals surface area contributed by atoms with E-state index in [2.05, 4.69) is 5.32 Å². The van der Waals surface area contributed by atoms with Crippen LogP contribution in [0.3, 0.4) is 0 Å². The summed E-state index contributed by atoms with van der Waals surface area (Å²) < 4.78 is 10.9. The van der Waals surface area contributed by atoms with E-state index in [9.17, 15) is 4.79 Å². The standard InChI is InChI=1S/C14H19ClN2O3/c1-2-3-11(16)14(18)17-8-9-6-10(15)13-12(7-9)19-4-5-20-13/h6-7,11H,2-5,8,16H2,1H3,(H,17,18). The van der Waals surface area contributed by atoms with Crippen LogP contribution in [0.2, 0.25) is 5.02 Å². The Bertz CT molecular complexity index is 494. The summed E-state index contributed by atoms with van der Waals surface area (Å²) in [6, 6.07) is 3.12. The number of carbonyl (C=O) groups is 1. The Morgan fingerprint density at radius 1 is 1.45 bits per heavy atom. The molecule has 1 aliphatic heterocycles. The van der Waals surface area contributed by atoms with Gasteiger partial charge in [0.2, 0.25) is 5.91 Å². The zero-order chi connectivity index (χ0) is 14.5. The molecule has 0 aromatic heterocycles. The van der Waals surface area contributed by atoms with Crippen LogP contribution in [0.15, 0.2) is 12.1 Å². The Labute approximate surface area is 123 Å². The van der Waals surface area contributed by atoms with Crippen molar-refractivity contribution in [3.8, 4) is 11.5 Å². The molecule has 0 saturated heterocycles. The number of hydrogen-bond donors (Lipinski definition) is 2. The zero-order valence-electron chi connectivity index (χ0n) is 11.4. The van der Waals surface area contributed by atoms with E-state index in [1.54, 1.807) is 6.07 Å². The molecule has 110 valence electrons. The van der Waals surface area contributed by atoms with E-state index in [1.807, 2.05) is 13.0 Å². The van der Waals surface area contributed by atoms with Crippen molar-refractivity contribution >= 4 is 17.5 Å². The molecule has 0 fully saturated rings. The lowest BCUT2D eigenvalue weighted by Crippen LogP contribution is -2.40. The van der Waals surface area contributed by atoms with E-state index in [4.69, 9.17) is 26.8 Å². The van der Waals surface area contributed by atoms with Gasteiger partial charge in [-0.15, -0.1) is 0 Å². The molecule has 1 aliphatic rings. The lowest BCUT2D eigenvalue weighted by Gasteiger charge is -2.20. The summed E-state index contributed by atoms with van der Waals surface area (Å²) in [6.07, 6.45) is 1.55. The first-order valence-corrected chi connectivity index (χ1v) is 7.11. The maximum atomic E-state index is 11.8. The van der Waals surface area contributed by atoms with Crippen molar-refractivity contribution in [3.63, 3.8) is 0 Å². The summed E-state index contributed by atoms with van der Waals surface area (Å²) in [6.45, 7) is 3.36. The molecule has 1 amide bonds. The minimum atomic E-state index is -0.465. The number of hydrogen-bond acceptors (Lipinski definition) is 4. The topological polar surface area (TPSA) is 73.6 Å². The van der Waals surface area contributed by atoms with Gasteiger partial charge in [0.1, 0.15) is 13.2 Å². The summed E-state index contributed by atoms with van der Waals surface area (Å²) in [5.41, 5.74) is 6.61. The maximum absolute atomic E-state index is 11.8. The molecule has 3 N–H and O–H groups in total. The van der Waals surface area contributed by atoms with Gasteiger partial charge in [0.05, 0.1) is 11.1 Å². The first-order valence-electron chi connectivity index (χ1n) is 6.73. The first-order chi connectivity index (χ1) is 9.61. The predicted octanol–water partition coefficient (Wildman–Crippen LogP) is 1.85. The quantitative estimate of drug-likeness (QED) is 0.870. The number of nitrogens with two attached hydrogens (primary N) is 1. The molecule has 1 heterocycles. The highest BCUT2D eigenvalue weighted by molar-refractivity contribution is 6.32. The molecule has 1 aromatic carbocycles. The Kier molecular flexibility index (Phi) is 5.09. The SMILES string of the molecule is CCCC(N)C(=O)NCc1cc(Cl)c2c(c1)OCCO2. The molecule has 0 spiro atoms. The number of fused-ring (bicyclic) bond motifs is 1. The van der Waals surface area contributed by atoms with E-state index in [0.717, 1.165) is 12.0 Å². The molecule has 0 radical (unpaired) electrons. The molecule has 1 unspecified atom stereocenters. The maximum Gasteiger partial charge on any atom is 0.237 e. The summed E-state index contributed by atoms with van der Waals surface area (Å²) in [5.74, 6) is 1.03. The Balaban J connectivity index is 2.00. The number of benzene rings is 1. The number of ether oxygens (including phenoxy) is 2. The summed E-state index contributed by atoms with van der Waals surface area (Å²) in [5, 5.41) is 3.29. The molecule has 0 bridgehead atoms. The van der Waals surface area contributed by atoms with Crippen LogP contribution < -0.4 is 20.5 Å².